The summed E-state index contributed by atoms with van der Waals surface area (Å²) in [6.07, 6.45) is 5.04. The largest absolute Gasteiger partial charge is 0.508 e. The lowest BCUT2D eigenvalue weighted by molar-refractivity contribution is -0.228. The summed E-state index contributed by atoms with van der Waals surface area (Å²) >= 11 is 0. The van der Waals surface area contributed by atoms with Gasteiger partial charge >= 0.3 is 0 Å². The van der Waals surface area contributed by atoms with Crippen molar-refractivity contribution in [1.29, 1.82) is 0 Å². The number of aliphatic hydroxyl groups is 3. The number of carbonyl (C=O) groups is 2. The van der Waals surface area contributed by atoms with E-state index in [1.807, 2.05) is 39.1 Å². The summed E-state index contributed by atoms with van der Waals surface area (Å²) in [7, 11) is 1.86. The van der Waals surface area contributed by atoms with E-state index in [1.54, 1.807) is 12.1 Å². The third-order valence-corrected chi connectivity index (χ3v) is 17.4. The number of fused-ring (bicyclic) bond motifs is 5. The zero-order chi connectivity index (χ0) is 41.7. The van der Waals surface area contributed by atoms with Crippen molar-refractivity contribution in [3.05, 3.63) is 70.3 Å². The van der Waals surface area contributed by atoms with Crippen LogP contribution < -0.4 is 11.1 Å². The Morgan fingerprint density at radius 3 is 2.47 bits per heavy atom. The van der Waals surface area contributed by atoms with Crippen molar-refractivity contribution in [3.63, 3.8) is 0 Å². The van der Waals surface area contributed by atoms with Crippen LogP contribution in [0.5, 0.6) is 5.75 Å². The SMILES string of the molecule is CNCc1cc(O)cc([C@H]2C[C@@]3(C)[C@@H]([C@H](O)C[C@@]4(CCO)[C@H]3CCC3=C([C@H](C)C[C@@H](O)[C@@H]5O[C@]5(C)[C@@H]5CCC[C@@H]5c5cccc(N)c5)C(=O)C[C@@]34C)C(C)(C)C2=O)c1. The lowest BCUT2D eigenvalue weighted by Crippen LogP contribution is -2.68. The number of phenolic OH excluding ortho intramolecular Hbond substituents is 1. The van der Waals surface area contributed by atoms with Crippen molar-refractivity contribution in [2.24, 2.45) is 45.3 Å². The van der Waals surface area contributed by atoms with Crippen LogP contribution in [-0.4, -0.2) is 69.6 Å². The molecule has 0 amide bonds. The van der Waals surface area contributed by atoms with Crippen molar-refractivity contribution < 1.29 is 34.8 Å². The standard InChI is InChI=1S/C49H68N2O7/c1-27(18-37(54)44-48(6,58-44)35-13-9-12-33(35)29-10-8-11-31(50)21-29)41-36-14-15-40-46(4)23-34(30-19-28(26-51-7)20-32(53)22-30)43(57)45(2,3)42(46)39(56)25-49(40,16-17-52)47(36,5)24-38(41)55/h8,10-11,19-22,27,33-35,37,39-40,42,44,51-54,56H,9,12-18,23-26,50H2,1-7H3/t27-,33-,34-,35-,37-,39-,40+,42+,44+,46-,47+,48-,49+/m1/s1. The van der Waals surface area contributed by atoms with E-state index >= 15 is 0 Å². The number of benzene rings is 2. The third-order valence-electron chi connectivity index (χ3n) is 17.4. The number of phenols is 1. The Hall–Kier alpha value is -3.08. The van der Waals surface area contributed by atoms with Crippen LogP contribution in [0.1, 0.15) is 134 Å². The zero-order valence-electron chi connectivity index (χ0n) is 35.8. The lowest BCUT2D eigenvalue weighted by atomic mass is 9.34. The van der Waals surface area contributed by atoms with E-state index in [4.69, 9.17) is 10.5 Å². The van der Waals surface area contributed by atoms with Gasteiger partial charge in [0.25, 0.3) is 0 Å². The number of aromatic hydroxyl groups is 1. The van der Waals surface area contributed by atoms with Crippen molar-refractivity contribution in [2.45, 2.75) is 148 Å². The number of nitrogens with two attached hydrogens (primary N) is 1. The van der Waals surface area contributed by atoms with Crippen LogP contribution in [0.25, 0.3) is 0 Å². The predicted molar refractivity (Wildman–Crippen MR) is 225 cm³/mol. The molecule has 316 valence electrons. The summed E-state index contributed by atoms with van der Waals surface area (Å²) in [4.78, 5) is 29.1. The van der Waals surface area contributed by atoms with Crippen molar-refractivity contribution in [3.8, 4) is 5.75 Å². The number of carbonyl (C=O) groups excluding carboxylic acids is 2. The highest BCUT2D eigenvalue weighted by atomic mass is 16.6. The molecule has 7 N–H and O–H groups in total. The number of allylic oxidation sites excluding steroid dienone is 2. The predicted octanol–water partition coefficient (Wildman–Crippen LogP) is 7.35. The smallest absolute Gasteiger partial charge is 0.159 e. The maximum absolute atomic E-state index is 14.6. The Morgan fingerprint density at radius 2 is 1.76 bits per heavy atom. The van der Waals surface area contributed by atoms with Crippen molar-refractivity contribution in [2.75, 3.05) is 19.4 Å². The van der Waals surface area contributed by atoms with Gasteiger partial charge in [0.1, 0.15) is 17.6 Å². The molecule has 8 rings (SSSR count). The van der Waals surface area contributed by atoms with Gasteiger partial charge in [-0.15, -0.1) is 0 Å². The van der Waals surface area contributed by atoms with Gasteiger partial charge in [-0.05, 0) is 146 Å². The molecule has 5 fully saturated rings. The van der Waals surface area contributed by atoms with Gasteiger partial charge in [-0.25, -0.2) is 0 Å². The number of nitrogen functional groups attached to an aromatic ring is 1. The minimum absolute atomic E-state index is 0.0335. The number of nitrogens with one attached hydrogen (secondary N) is 1. The molecule has 1 heterocycles. The Bertz CT molecular complexity index is 1990. The molecule has 2 aromatic rings. The van der Waals surface area contributed by atoms with E-state index in [0.717, 1.165) is 60.1 Å². The highest BCUT2D eigenvalue weighted by molar-refractivity contribution is 6.00. The average molecular weight is 797 g/mol. The van der Waals surface area contributed by atoms with Gasteiger partial charge in [0.05, 0.1) is 17.8 Å². The van der Waals surface area contributed by atoms with E-state index < -0.39 is 45.4 Å². The molecule has 6 aliphatic rings. The van der Waals surface area contributed by atoms with E-state index in [-0.39, 0.29) is 53.7 Å². The van der Waals surface area contributed by atoms with Gasteiger partial charge in [-0.2, -0.15) is 0 Å². The summed E-state index contributed by atoms with van der Waals surface area (Å²) in [5.41, 5.74) is 8.88. The number of aliphatic hydroxyl groups excluding tert-OH is 3. The number of hydrogen-bond acceptors (Lipinski definition) is 9. The Balaban J connectivity index is 1.09. The average Bonchev–Trinajstić information content (AvgIpc) is 3.45. The van der Waals surface area contributed by atoms with E-state index in [9.17, 15) is 30.0 Å². The molecule has 4 saturated carbocycles. The molecule has 0 aromatic heterocycles. The number of hydrogen-bond donors (Lipinski definition) is 6. The molecule has 9 nitrogen and oxygen atoms in total. The molecular weight excluding hydrogens is 729 g/mol. The molecule has 9 heteroatoms. The quantitative estimate of drug-likeness (QED) is 0.101. The number of Topliss-reactive ketones (excluding diaryl/α,β-unsaturated/α-hetero) is 2. The van der Waals surface area contributed by atoms with Gasteiger partial charge in [0.15, 0.2) is 5.78 Å². The van der Waals surface area contributed by atoms with Gasteiger partial charge in [-0.3, -0.25) is 9.59 Å². The summed E-state index contributed by atoms with van der Waals surface area (Å²) in [6, 6.07) is 13.6. The van der Waals surface area contributed by atoms with Crippen LogP contribution in [0.3, 0.4) is 0 Å². The molecule has 5 aliphatic carbocycles. The highest BCUT2D eigenvalue weighted by Gasteiger charge is 2.72. The molecule has 2 aromatic carbocycles. The summed E-state index contributed by atoms with van der Waals surface area (Å²) in [5, 5.41) is 49.1. The molecule has 1 saturated heterocycles. The van der Waals surface area contributed by atoms with Crippen LogP contribution in [-0.2, 0) is 20.9 Å². The molecule has 0 spiro atoms. The number of rotatable bonds is 11. The maximum Gasteiger partial charge on any atom is 0.159 e. The Kier molecular flexibility index (Phi) is 10.4. The number of ether oxygens (including phenoxy) is 1. The topological polar surface area (TPSA) is 166 Å². The second kappa shape index (κ2) is 14.5. The van der Waals surface area contributed by atoms with E-state index in [2.05, 4.69) is 45.1 Å². The monoisotopic (exact) mass is 797 g/mol. The van der Waals surface area contributed by atoms with Gasteiger partial charge in [0, 0.05) is 47.9 Å². The second-order valence-corrected chi connectivity index (χ2v) is 20.8. The van der Waals surface area contributed by atoms with Crippen LogP contribution >= 0.6 is 0 Å². The summed E-state index contributed by atoms with van der Waals surface area (Å²) < 4.78 is 6.45. The fourth-order valence-electron chi connectivity index (χ4n) is 15.2. The first kappa shape index (κ1) is 41.6. The summed E-state index contributed by atoms with van der Waals surface area (Å²) in [6.45, 7) is 13.2. The first-order valence-corrected chi connectivity index (χ1v) is 22.1. The number of epoxide rings is 1. The number of ketones is 2. The van der Waals surface area contributed by atoms with Crippen LogP contribution in [0.4, 0.5) is 5.69 Å². The number of anilines is 1. The lowest BCUT2D eigenvalue weighted by Gasteiger charge is -2.70. The Morgan fingerprint density at radius 1 is 1.00 bits per heavy atom. The molecular formula is C49H68N2O7. The normalized spacial score (nSPS) is 40.2. The summed E-state index contributed by atoms with van der Waals surface area (Å²) in [5.74, 6) is 0.0131. The molecule has 0 radical (unpaired) electrons. The Labute approximate surface area is 345 Å². The molecule has 1 aliphatic heterocycles. The fourth-order valence-corrected chi connectivity index (χ4v) is 15.2. The third kappa shape index (κ3) is 6.18. The van der Waals surface area contributed by atoms with Crippen LogP contribution in [0.15, 0.2) is 53.6 Å². The molecule has 58 heavy (non-hydrogen) atoms. The first-order valence-electron chi connectivity index (χ1n) is 22.1. The highest BCUT2D eigenvalue weighted by Crippen LogP contribution is 2.76. The second-order valence-electron chi connectivity index (χ2n) is 20.8. The van der Waals surface area contributed by atoms with Crippen LogP contribution in [0, 0.1) is 45.3 Å². The van der Waals surface area contributed by atoms with E-state index in [0.29, 0.717) is 44.6 Å². The van der Waals surface area contributed by atoms with Gasteiger partial charge in [0.2, 0.25) is 0 Å². The van der Waals surface area contributed by atoms with Gasteiger partial charge in [-0.1, -0.05) is 64.8 Å². The van der Waals surface area contributed by atoms with Gasteiger partial charge < -0.3 is 36.2 Å². The maximum atomic E-state index is 14.6. The molecule has 0 unspecified atom stereocenters. The molecule has 0 bridgehead atoms. The fraction of sp³-hybridized carbons (Fsp3) is 0.673. The van der Waals surface area contributed by atoms with Crippen molar-refractivity contribution in [1.82, 2.24) is 5.32 Å². The van der Waals surface area contributed by atoms with Crippen molar-refractivity contribution >= 4 is 17.3 Å². The minimum atomic E-state index is -0.845. The minimum Gasteiger partial charge on any atom is -0.508 e. The van der Waals surface area contributed by atoms with E-state index in [1.165, 1.54) is 5.56 Å². The zero-order valence-corrected chi connectivity index (χ0v) is 35.8. The molecule has 13 atom stereocenters. The van der Waals surface area contributed by atoms with Crippen LogP contribution in [0.2, 0.25) is 0 Å². The first-order chi connectivity index (χ1) is 27.4.